The van der Waals surface area contributed by atoms with Crippen molar-refractivity contribution in [3.05, 3.63) is 30.1 Å². The van der Waals surface area contributed by atoms with Crippen LogP contribution in [-0.4, -0.2) is 0 Å². The Bertz CT molecular complexity index is 332. The summed E-state index contributed by atoms with van der Waals surface area (Å²) in [7, 11) is 0. The number of pyridine rings is 1. The molecule has 1 rings (SSSR count). The Labute approximate surface area is 126 Å². The van der Waals surface area contributed by atoms with Gasteiger partial charge < -0.3 is 0 Å². The van der Waals surface area contributed by atoms with Crippen molar-refractivity contribution >= 4 is 0 Å². The number of hydrogen-bond donors (Lipinski definition) is 0. The number of aryl methyl sites for hydroxylation is 2. The summed E-state index contributed by atoms with van der Waals surface area (Å²) in [4.78, 5) is 0. The van der Waals surface area contributed by atoms with Crippen LogP contribution in [0.2, 0.25) is 0 Å². The lowest BCUT2D eigenvalue weighted by Gasteiger charge is -2.04. The molecule has 0 bridgehead atoms. The van der Waals surface area contributed by atoms with Gasteiger partial charge in [0.15, 0.2) is 11.9 Å². The summed E-state index contributed by atoms with van der Waals surface area (Å²) in [6.07, 6.45) is 17.2. The minimum Gasteiger partial charge on any atom is -0.202 e. The van der Waals surface area contributed by atoms with Crippen molar-refractivity contribution in [2.45, 2.75) is 91.0 Å². The molecule has 0 aromatic carbocycles. The first-order valence-electron chi connectivity index (χ1n) is 8.85. The number of aromatic nitrogens is 1. The highest BCUT2D eigenvalue weighted by Gasteiger charge is 2.08. The zero-order valence-corrected chi connectivity index (χ0v) is 13.7. The summed E-state index contributed by atoms with van der Waals surface area (Å²) < 4.78 is 2.48. The van der Waals surface area contributed by atoms with E-state index in [4.69, 9.17) is 0 Å². The SMILES string of the molecule is CCCCCCCC[n+]1ccccc1CCCCCC. The van der Waals surface area contributed by atoms with Crippen molar-refractivity contribution in [2.24, 2.45) is 0 Å². The van der Waals surface area contributed by atoms with Crippen LogP contribution in [0, 0.1) is 0 Å². The minimum atomic E-state index is 1.20. The molecule has 1 aromatic rings. The second-order valence-electron chi connectivity index (χ2n) is 5.96. The zero-order valence-electron chi connectivity index (χ0n) is 13.7. The van der Waals surface area contributed by atoms with Gasteiger partial charge in [-0.3, -0.25) is 0 Å². The molecule has 0 aliphatic heterocycles. The summed E-state index contributed by atoms with van der Waals surface area (Å²) in [5.41, 5.74) is 1.53. The van der Waals surface area contributed by atoms with Crippen molar-refractivity contribution in [3.63, 3.8) is 0 Å². The maximum atomic E-state index is 2.48. The van der Waals surface area contributed by atoms with Crippen LogP contribution in [0.3, 0.4) is 0 Å². The number of hydrogen-bond acceptors (Lipinski definition) is 0. The molecule has 1 nitrogen and oxygen atoms in total. The van der Waals surface area contributed by atoms with Gasteiger partial charge in [-0.05, 0) is 12.8 Å². The maximum absolute atomic E-state index is 2.48. The Kier molecular flexibility index (Phi) is 10.3. The van der Waals surface area contributed by atoms with E-state index in [0.717, 1.165) is 0 Å². The third-order valence-corrected chi connectivity index (χ3v) is 4.07. The van der Waals surface area contributed by atoms with Crippen LogP contribution in [-0.2, 0) is 13.0 Å². The van der Waals surface area contributed by atoms with Crippen LogP contribution in [0.5, 0.6) is 0 Å². The molecule has 0 amide bonds. The molecule has 0 spiro atoms. The van der Waals surface area contributed by atoms with Crippen LogP contribution in [0.4, 0.5) is 0 Å². The molecule has 1 heterocycles. The standard InChI is InChI=1S/C19H34N/c1-3-5-7-9-10-13-17-20-18-14-12-16-19(20)15-11-8-6-4-2/h12,14,16,18H,3-11,13,15,17H2,1-2H3/q+1. The summed E-state index contributed by atoms with van der Waals surface area (Å²) in [6.45, 7) is 5.77. The van der Waals surface area contributed by atoms with E-state index in [1.165, 1.54) is 82.9 Å². The maximum Gasteiger partial charge on any atom is 0.181 e. The predicted octanol–water partition coefficient (Wildman–Crippen LogP) is 5.46. The second kappa shape index (κ2) is 11.9. The van der Waals surface area contributed by atoms with E-state index >= 15 is 0 Å². The average Bonchev–Trinajstić information content (AvgIpc) is 2.48. The summed E-state index contributed by atoms with van der Waals surface area (Å²) in [6, 6.07) is 6.67. The Morgan fingerprint density at radius 3 is 2.15 bits per heavy atom. The lowest BCUT2D eigenvalue weighted by molar-refractivity contribution is -0.704. The van der Waals surface area contributed by atoms with Gasteiger partial charge in [0.05, 0.1) is 0 Å². The quantitative estimate of drug-likeness (QED) is 0.353. The van der Waals surface area contributed by atoms with E-state index in [0.29, 0.717) is 0 Å². The molecule has 0 aliphatic carbocycles. The molecular formula is C19H34N+. The Morgan fingerprint density at radius 1 is 0.750 bits per heavy atom. The molecule has 0 saturated heterocycles. The highest BCUT2D eigenvalue weighted by atomic mass is 14.9. The van der Waals surface area contributed by atoms with E-state index in [9.17, 15) is 0 Å². The van der Waals surface area contributed by atoms with E-state index < -0.39 is 0 Å². The van der Waals surface area contributed by atoms with E-state index in [1.54, 1.807) is 0 Å². The Hall–Kier alpha value is -0.850. The first kappa shape index (κ1) is 17.2. The first-order chi connectivity index (χ1) is 9.88. The van der Waals surface area contributed by atoms with Gasteiger partial charge in [-0.25, -0.2) is 4.57 Å². The molecular weight excluding hydrogens is 242 g/mol. The number of rotatable bonds is 12. The van der Waals surface area contributed by atoms with E-state index in [1.807, 2.05) is 0 Å². The van der Waals surface area contributed by atoms with Gasteiger partial charge in [0.1, 0.15) is 6.54 Å². The second-order valence-corrected chi connectivity index (χ2v) is 5.96. The molecule has 20 heavy (non-hydrogen) atoms. The van der Waals surface area contributed by atoms with Gasteiger partial charge >= 0.3 is 0 Å². The van der Waals surface area contributed by atoms with Crippen LogP contribution in [0.1, 0.15) is 83.7 Å². The molecule has 1 heteroatoms. The van der Waals surface area contributed by atoms with Crippen molar-refractivity contribution in [2.75, 3.05) is 0 Å². The largest absolute Gasteiger partial charge is 0.202 e. The van der Waals surface area contributed by atoms with Crippen LogP contribution in [0.25, 0.3) is 0 Å². The molecule has 0 radical (unpaired) electrons. The highest BCUT2D eigenvalue weighted by molar-refractivity contribution is 4.97. The van der Waals surface area contributed by atoms with Gasteiger partial charge in [0, 0.05) is 25.0 Å². The van der Waals surface area contributed by atoms with Gasteiger partial charge in [0.2, 0.25) is 0 Å². The third kappa shape index (κ3) is 7.67. The van der Waals surface area contributed by atoms with Crippen LogP contribution < -0.4 is 4.57 Å². The van der Waals surface area contributed by atoms with Crippen LogP contribution >= 0.6 is 0 Å². The molecule has 0 fully saturated rings. The number of nitrogens with zero attached hydrogens (tertiary/aromatic N) is 1. The molecule has 1 aromatic heterocycles. The van der Waals surface area contributed by atoms with Crippen molar-refractivity contribution < 1.29 is 4.57 Å². The monoisotopic (exact) mass is 276 g/mol. The molecule has 0 N–H and O–H groups in total. The fourth-order valence-electron chi connectivity index (χ4n) is 2.75. The van der Waals surface area contributed by atoms with Crippen molar-refractivity contribution in [3.8, 4) is 0 Å². The molecule has 0 unspecified atom stereocenters. The van der Waals surface area contributed by atoms with Gasteiger partial charge in [-0.2, -0.15) is 0 Å². The smallest absolute Gasteiger partial charge is 0.181 e. The summed E-state index contributed by atoms with van der Waals surface area (Å²) >= 11 is 0. The molecule has 0 saturated carbocycles. The number of unbranched alkanes of at least 4 members (excludes halogenated alkanes) is 8. The Balaban J connectivity index is 2.26. The zero-order chi connectivity index (χ0) is 14.5. The lowest BCUT2D eigenvalue weighted by atomic mass is 10.1. The Morgan fingerprint density at radius 2 is 1.40 bits per heavy atom. The van der Waals surface area contributed by atoms with Crippen molar-refractivity contribution in [1.82, 2.24) is 0 Å². The van der Waals surface area contributed by atoms with Crippen molar-refractivity contribution in [1.29, 1.82) is 0 Å². The van der Waals surface area contributed by atoms with Gasteiger partial charge in [-0.1, -0.05) is 64.9 Å². The van der Waals surface area contributed by atoms with E-state index in [-0.39, 0.29) is 0 Å². The third-order valence-electron chi connectivity index (χ3n) is 4.07. The minimum absolute atomic E-state index is 1.20. The highest BCUT2D eigenvalue weighted by Crippen LogP contribution is 2.07. The van der Waals surface area contributed by atoms with Gasteiger partial charge in [-0.15, -0.1) is 0 Å². The fraction of sp³-hybridized carbons (Fsp3) is 0.737. The summed E-state index contributed by atoms with van der Waals surface area (Å²) in [5, 5.41) is 0. The van der Waals surface area contributed by atoms with Crippen LogP contribution in [0.15, 0.2) is 24.4 Å². The molecule has 0 atom stereocenters. The molecule has 114 valence electrons. The lowest BCUT2D eigenvalue weighted by Crippen LogP contribution is -2.37. The van der Waals surface area contributed by atoms with E-state index in [2.05, 4.69) is 42.8 Å². The normalized spacial score (nSPS) is 10.9. The fourth-order valence-corrected chi connectivity index (χ4v) is 2.75. The topological polar surface area (TPSA) is 3.88 Å². The summed E-state index contributed by atoms with van der Waals surface area (Å²) in [5.74, 6) is 0. The average molecular weight is 276 g/mol. The van der Waals surface area contributed by atoms with Gasteiger partial charge in [0.25, 0.3) is 0 Å². The predicted molar refractivity (Wildman–Crippen MR) is 87.9 cm³/mol. The first-order valence-corrected chi connectivity index (χ1v) is 8.85. The molecule has 0 aliphatic rings.